The minimum atomic E-state index is -0.911. The quantitative estimate of drug-likeness (QED) is 0.203. The Morgan fingerprint density at radius 2 is 1.36 bits per heavy atom. The molecule has 0 radical (unpaired) electrons. The minimum Gasteiger partial charge on any atom is -0.419 e. The maximum Gasteiger partial charge on any atom is 0.344 e. The van der Waals surface area contributed by atoms with Gasteiger partial charge in [0.25, 0.3) is 0 Å². The van der Waals surface area contributed by atoms with Crippen molar-refractivity contribution >= 4 is 67.0 Å². The lowest BCUT2D eigenvalue weighted by Crippen LogP contribution is -2.38. The van der Waals surface area contributed by atoms with Crippen LogP contribution < -0.4 is 14.8 Å². The Morgan fingerprint density at radius 3 is 1.86 bits per heavy atom. The van der Waals surface area contributed by atoms with Crippen molar-refractivity contribution < 1.29 is 24.2 Å². The summed E-state index contributed by atoms with van der Waals surface area (Å²) < 4.78 is 12.1. The second-order valence-corrected chi connectivity index (χ2v) is 11.5. The number of hydrogen-bond acceptors (Lipinski definition) is 6. The van der Waals surface area contributed by atoms with Crippen molar-refractivity contribution in [3.63, 3.8) is 0 Å². The number of carbonyl (C=O) groups is 2. The van der Waals surface area contributed by atoms with Crippen LogP contribution in [0.4, 0.5) is 0 Å². The molecule has 0 aliphatic heterocycles. The van der Waals surface area contributed by atoms with Crippen LogP contribution in [0.2, 0.25) is 10.0 Å². The van der Waals surface area contributed by atoms with Gasteiger partial charge >= 0.3 is 11.9 Å². The summed E-state index contributed by atoms with van der Waals surface area (Å²) in [4.78, 5) is 25.9. The molecule has 0 amide bonds. The molecule has 1 atom stereocenters. The Balaban J connectivity index is 1.96. The van der Waals surface area contributed by atoms with E-state index in [1.165, 1.54) is 24.3 Å². The number of carbonyl (C=O) groups excluding carboxylic acids is 2. The second-order valence-electron chi connectivity index (χ2n) is 8.88. The van der Waals surface area contributed by atoms with E-state index in [1.807, 2.05) is 20.8 Å². The Morgan fingerprint density at radius 1 is 0.861 bits per heavy atom. The van der Waals surface area contributed by atoms with Gasteiger partial charge in [0.1, 0.15) is 0 Å². The van der Waals surface area contributed by atoms with Crippen LogP contribution in [0.25, 0.3) is 0 Å². The van der Waals surface area contributed by atoms with Gasteiger partial charge in [0.15, 0.2) is 11.5 Å². The highest BCUT2D eigenvalue weighted by molar-refractivity contribution is 9.10. The Hall–Kier alpha value is -1.94. The van der Waals surface area contributed by atoms with Gasteiger partial charge in [-0.2, -0.15) is 0 Å². The predicted molar refractivity (Wildman–Crippen MR) is 147 cm³/mol. The van der Waals surface area contributed by atoms with E-state index in [2.05, 4.69) is 37.2 Å². The van der Waals surface area contributed by atoms with Crippen molar-refractivity contribution in [2.24, 2.45) is 0 Å². The number of ether oxygens (including phenoxy) is 2. The molecular weight excluding hydrogens is 637 g/mol. The van der Waals surface area contributed by atoms with Gasteiger partial charge in [0.05, 0.1) is 17.2 Å². The van der Waals surface area contributed by atoms with Gasteiger partial charge in [-0.15, -0.1) is 0 Å². The van der Waals surface area contributed by atoms with Crippen LogP contribution in [0.15, 0.2) is 63.5 Å². The van der Waals surface area contributed by atoms with Gasteiger partial charge in [-0.05, 0) is 107 Å². The van der Waals surface area contributed by atoms with E-state index in [0.717, 1.165) is 0 Å². The molecule has 0 saturated carbocycles. The summed E-state index contributed by atoms with van der Waals surface area (Å²) in [6.07, 6.45) is -0.911. The molecule has 2 N–H and O–H groups in total. The number of esters is 2. The summed E-state index contributed by atoms with van der Waals surface area (Å²) >= 11 is 18.7. The first-order chi connectivity index (χ1) is 16.8. The summed E-state index contributed by atoms with van der Waals surface area (Å²) in [6.45, 7) is 6.19. The first kappa shape index (κ1) is 28.6. The zero-order valence-corrected chi connectivity index (χ0v) is 24.3. The minimum absolute atomic E-state index is 0.0156. The van der Waals surface area contributed by atoms with Gasteiger partial charge in [0.2, 0.25) is 0 Å². The summed E-state index contributed by atoms with van der Waals surface area (Å²) in [5.41, 5.74) is 0.617. The summed E-state index contributed by atoms with van der Waals surface area (Å²) in [7, 11) is 0. The average molecular weight is 660 g/mol. The largest absolute Gasteiger partial charge is 0.419 e. The van der Waals surface area contributed by atoms with Crippen molar-refractivity contribution in [1.29, 1.82) is 0 Å². The molecule has 0 fully saturated rings. The molecule has 3 aromatic carbocycles. The number of β-amino-alcohol motifs (C(OH)–C–C–N with tert-alkyl or cyclic N) is 1. The molecule has 0 aliphatic rings. The second kappa shape index (κ2) is 12.1. The van der Waals surface area contributed by atoms with Crippen LogP contribution >= 0.6 is 55.1 Å². The molecule has 0 saturated heterocycles. The van der Waals surface area contributed by atoms with E-state index in [9.17, 15) is 14.7 Å². The van der Waals surface area contributed by atoms with E-state index in [0.29, 0.717) is 24.6 Å². The smallest absolute Gasteiger partial charge is 0.344 e. The van der Waals surface area contributed by atoms with Gasteiger partial charge in [0, 0.05) is 31.1 Å². The maximum absolute atomic E-state index is 13.0. The number of aliphatic hydroxyl groups excluding tert-OH is 1. The Labute approximate surface area is 236 Å². The number of halogens is 4. The van der Waals surface area contributed by atoms with Crippen LogP contribution in [0, 0.1) is 0 Å². The zero-order valence-electron chi connectivity index (χ0n) is 19.6. The van der Waals surface area contributed by atoms with Gasteiger partial charge < -0.3 is 19.9 Å². The van der Waals surface area contributed by atoms with Crippen LogP contribution in [0.5, 0.6) is 11.5 Å². The highest BCUT2D eigenvalue weighted by Gasteiger charge is 2.22. The topological polar surface area (TPSA) is 84.9 Å². The monoisotopic (exact) mass is 657 g/mol. The summed E-state index contributed by atoms with van der Waals surface area (Å²) in [6, 6.07) is 13.9. The van der Waals surface area contributed by atoms with E-state index in [1.54, 1.807) is 30.3 Å². The molecule has 0 bridgehead atoms. The third-order valence-electron chi connectivity index (χ3n) is 4.88. The molecule has 3 rings (SSSR count). The lowest BCUT2D eigenvalue weighted by Gasteiger charge is -2.23. The highest BCUT2D eigenvalue weighted by atomic mass is 79.9. The normalized spacial score (nSPS) is 12.2. The molecule has 0 heterocycles. The summed E-state index contributed by atoms with van der Waals surface area (Å²) in [5, 5.41) is 14.6. The molecule has 1 unspecified atom stereocenters. The zero-order chi connectivity index (χ0) is 26.6. The van der Waals surface area contributed by atoms with Crippen LogP contribution in [0.3, 0.4) is 0 Å². The molecule has 3 aromatic rings. The molecule has 0 spiro atoms. The van der Waals surface area contributed by atoms with Crippen molar-refractivity contribution in [1.82, 2.24) is 5.32 Å². The first-order valence-electron chi connectivity index (χ1n) is 10.8. The fourth-order valence-corrected chi connectivity index (χ4v) is 4.20. The number of nitrogens with one attached hydrogen (secondary N) is 1. The van der Waals surface area contributed by atoms with Crippen LogP contribution in [0.1, 0.15) is 53.2 Å². The standard InChI is InChI=1S/C26H23Br2Cl2NO5/c1-26(2,3)31-13-21(32)14-4-9-22(35-24(33)17-11-15(29)5-7-19(17)27)23(10-14)36-25(34)18-12-16(30)6-8-20(18)28/h4-12,21,31-32H,13H2,1-3H3. The number of benzene rings is 3. The van der Waals surface area contributed by atoms with Gasteiger partial charge in [-0.1, -0.05) is 29.3 Å². The molecular formula is C26H23Br2Cl2NO5. The molecule has 0 aromatic heterocycles. The van der Waals surface area contributed by atoms with E-state index in [4.69, 9.17) is 32.7 Å². The van der Waals surface area contributed by atoms with Crippen molar-refractivity contribution in [2.45, 2.75) is 32.4 Å². The van der Waals surface area contributed by atoms with Crippen molar-refractivity contribution in [3.05, 3.63) is 90.3 Å². The lowest BCUT2D eigenvalue weighted by molar-refractivity contribution is 0.0680. The third kappa shape index (κ3) is 7.78. The highest BCUT2D eigenvalue weighted by Crippen LogP contribution is 2.34. The molecule has 0 aliphatic carbocycles. The fraction of sp³-hybridized carbons (Fsp3) is 0.231. The SMILES string of the molecule is CC(C)(C)NCC(O)c1ccc(OC(=O)c2cc(Cl)ccc2Br)c(OC(=O)c2cc(Cl)ccc2Br)c1. The molecule has 10 heteroatoms. The van der Waals surface area contributed by atoms with E-state index in [-0.39, 0.29) is 34.7 Å². The van der Waals surface area contributed by atoms with E-state index >= 15 is 0 Å². The fourth-order valence-electron chi connectivity index (χ4n) is 3.03. The summed E-state index contributed by atoms with van der Waals surface area (Å²) in [5.74, 6) is -1.51. The molecule has 190 valence electrons. The predicted octanol–water partition coefficient (Wildman–Crippen LogP) is 7.38. The lowest BCUT2D eigenvalue weighted by atomic mass is 10.1. The van der Waals surface area contributed by atoms with Crippen LogP contribution in [-0.4, -0.2) is 29.1 Å². The Bertz CT molecular complexity index is 1290. The van der Waals surface area contributed by atoms with Gasteiger partial charge in [-0.25, -0.2) is 9.59 Å². The third-order valence-corrected chi connectivity index (χ3v) is 6.73. The maximum atomic E-state index is 13.0. The first-order valence-corrected chi connectivity index (χ1v) is 13.1. The van der Waals surface area contributed by atoms with Crippen molar-refractivity contribution in [2.75, 3.05) is 6.54 Å². The van der Waals surface area contributed by atoms with Gasteiger partial charge in [-0.3, -0.25) is 0 Å². The van der Waals surface area contributed by atoms with Crippen LogP contribution in [-0.2, 0) is 0 Å². The molecule has 6 nitrogen and oxygen atoms in total. The number of rotatable bonds is 7. The number of aliphatic hydroxyl groups is 1. The Kier molecular flexibility index (Phi) is 9.60. The van der Waals surface area contributed by atoms with E-state index < -0.39 is 18.0 Å². The van der Waals surface area contributed by atoms with Crippen molar-refractivity contribution in [3.8, 4) is 11.5 Å². The number of hydrogen-bond donors (Lipinski definition) is 2. The molecule has 36 heavy (non-hydrogen) atoms. The average Bonchev–Trinajstić information content (AvgIpc) is 2.81.